The zero-order chi connectivity index (χ0) is 19.4. The van der Waals surface area contributed by atoms with E-state index in [0.717, 1.165) is 0 Å². The number of hydrogen-bond acceptors (Lipinski definition) is 5. The molecule has 1 amide bonds. The molecule has 1 saturated heterocycles. The lowest BCUT2D eigenvalue weighted by Gasteiger charge is -2.32. The summed E-state index contributed by atoms with van der Waals surface area (Å²) in [5.41, 5.74) is 0.442. The first-order chi connectivity index (χ1) is 13.0. The number of para-hydroxylation sites is 1. The summed E-state index contributed by atoms with van der Waals surface area (Å²) >= 11 is 0. The van der Waals surface area contributed by atoms with Crippen LogP contribution in [0, 0.1) is 0 Å². The number of carbonyl (C=O) groups excluding carboxylic acids is 2. The number of methoxy groups -OCH3 is 1. The third-order valence-corrected chi connectivity index (χ3v) is 4.52. The molecule has 0 radical (unpaired) electrons. The molecule has 1 unspecified atom stereocenters. The highest BCUT2D eigenvalue weighted by atomic mass is 16.5. The summed E-state index contributed by atoms with van der Waals surface area (Å²) in [5, 5.41) is 0. The Hall–Kier alpha value is -3.15. The number of benzene rings is 2. The van der Waals surface area contributed by atoms with Crippen LogP contribution in [0.5, 0.6) is 5.75 Å². The largest absolute Gasteiger partial charge is 0.497 e. The van der Waals surface area contributed by atoms with Crippen LogP contribution in [0.3, 0.4) is 0 Å². The zero-order valence-corrected chi connectivity index (χ0v) is 15.6. The molecule has 0 aliphatic carbocycles. The number of carbonyl (C=O) groups is 2. The number of rotatable bonds is 5. The van der Waals surface area contributed by atoms with E-state index in [-0.39, 0.29) is 18.9 Å². The summed E-state index contributed by atoms with van der Waals surface area (Å²) < 4.78 is 10.4. The van der Waals surface area contributed by atoms with Gasteiger partial charge in [0.15, 0.2) is 0 Å². The van der Waals surface area contributed by atoms with Crippen molar-refractivity contribution < 1.29 is 19.1 Å². The van der Waals surface area contributed by atoms with Gasteiger partial charge in [-0.25, -0.2) is 9.79 Å². The average molecular weight is 366 g/mol. The zero-order valence-electron chi connectivity index (χ0n) is 15.6. The first-order valence-corrected chi connectivity index (χ1v) is 8.78. The molecule has 1 aliphatic heterocycles. The maximum Gasteiger partial charge on any atom is 0.332 e. The van der Waals surface area contributed by atoms with Gasteiger partial charge < -0.3 is 9.47 Å². The lowest BCUT2D eigenvalue weighted by Crippen LogP contribution is -2.50. The molecule has 1 aliphatic rings. The van der Waals surface area contributed by atoms with Crippen molar-refractivity contribution in [2.24, 2.45) is 4.99 Å². The fourth-order valence-corrected chi connectivity index (χ4v) is 3.16. The van der Waals surface area contributed by atoms with Crippen LogP contribution in [0.15, 0.2) is 59.6 Å². The van der Waals surface area contributed by atoms with Gasteiger partial charge in [-0.05, 0) is 50.2 Å². The van der Waals surface area contributed by atoms with Gasteiger partial charge in [0.1, 0.15) is 17.0 Å². The Kier molecular flexibility index (Phi) is 5.26. The number of anilines is 1. The van der Waals surface area contributed by atoms with Gasteiger partial charge in [-0.1, -0.05) is 18.2 Å². The molecule has 6 nitrogen and oxygen atoms in total. The summed E-state index contributed by atoms with van der Waals surface area (Å²) in [6.07, 6.45) is 0.172. The Morgan fingerprint density at radius 2 is 1.81 bits per heavy atom. The van der Waals surface area contributed by atoms with E-state index in [4.69, 9.17) is 9.47 Å². The number of aliphatic imine (C=N–C) groups is 1. The molecule has 0 bridgehead atoms. The Labute approximate surface area is 158 Å². The van der Waals surface area contributed by atoms with Gasteiger partial charge in [0.25, 0.3) is 5.91 Å². The predicted molar refractivity (Wildman–Crippen MR) is 104 cm³/mol. The summed E-state index contributed by atoms with van der Waals surface area (Å²) in [5.74, 6) is -0.0336. The van der Waals surface area contributed by atoms with Crippen molar-refractivity contribution in [2.45, 2.75) is 25.8 Å². The van der Waals surface area contributed by atoms with Crippen LogP contribution in [0.4, 0.5) is 11.4 Å². The fraction of sp³-hybridized carbons (Fsp3) is 0.286. The van der Waals surface area contributed by atoms with Crippen molar-refractivity contribution in [3.05, 3.63) is 54.6 Å². The van der Waals surface area contributed by atoms with E-state index in [1.165, 1.54) is 4.90 Å². The molecular formula is C21H22N2O4. The second-order valence-corrected chi connectivity index (χ2v) is 6.40. The molecule has 0 aromatic heterocycles. The molecule has 0 N–H and O–H groups in total. The molecule has 3 rings (SSSR count). The molecule has 1 heterocycles. The maximum atomic E-state index is 13.1. The molecule has 140 valence electrons. The Morgan fingerprint density at radius 3 is 2.41 bits per heavy atom. The van der Waals surface area contributed by atoms with Crippen LogP contribution in [0.2, 0.25) is 0 Å². The van der Waals surface area contributed by atoms with Crippen LogP contribution in [0.25, 0.3) is 0 Å². The van der Waals surface area contributed by atoms with Crippen LogP contribution in [-0.4, -0.2) is 36.8 Å². The van der Waals surface area contributed by atoms with E-state index in [1.807, 2.05) is 18.2 Å². The molecule has 0 spiro atoms. The average Bonchev–Trinajstić information content (AvgIpc) is 2.94. The number of hydrogen-bond donors (Lipinski definition) is 0. The molecule has 1 fully saturated rings. The number of amides is 1. The van der Waals surface area contributed by atoms with E-state index < -0.39 is 11.5 Å². The minimum absolute atomic E-state index is 0.172. The monoisotopic (exact) mass is 366 g/mol. The van der Waals surface area contributed by atoms with Crippen molar-refractivity contribution in [3.8, 4) is 5.75 Å². The number of esters is 1. The number of nitrogens with zero attached hydrogens (tertiary/aromatic N) is 2. The Balaban J connectivity index is 2.01. The summed E-state index contributed by atoms with van der Waals surface area (Å²) in [7, 11) is 1.59. The third-order valence-electron chi connectivity index (χ3n) is 4.52. The van der Waals surface area contributed by atoms with Crippen LogP contribution >= 0.6 is 0 Å². The van der Waals surface area contributed by atoms with Gasteiger partial charge in [0.2, 0.25) is 0 Å². The van der Waals surface area contributed by atoms with Crippen molar-refractivity contribution in [1.29, 1.82) is 0 Å². The van der Waals surface area contributed by atoms with Crippen molar-refractivity contribution in [1.82, 2.24) is 0 Å². The smallest absolute Gasteiger partial charge is 0.332 e. The fourth-order valence-electron chi connectivity index (χ4n) is 3.16. The first kappa shape index (κ1) is 18.6. The minimum atomic E-state index is -1.14. The third kappa shape index (κ3) is 3.56. The van der Waals surface area contributed by atoms with Gasteiger partial charge in [-0.2, -0.15) is 0 Å². The second kappa shape index (κ2) is 7.61. The summed E-state index contributed by atoms with van der Waals surface area (Å²) in [6.45, 7) is 3.71. The highest BCUT2D eigenvalue weighted by molar-refractivity contribution is 6.48. The minimum Gasteiger partial charge on any atom is -0.497 e. The normalized spacial score (nSPS) is 20.8. The first-order valence-electron chi connectivity index (χ1n) is 8.78. The van der Waals surface area contributed by atoms with E-state index in [0.29, 0.717) is 22.8 Å². The van der Waals surface area contributed by atoms with E-state index in [1.54, 1.807) is 57.4 Å². The summed E-state index contributed by atoms with van der Waals surface area (Å²) in [4.78, 5) is 31.8. The SMILES string of the molecule is CCOC(=O)C1(C)CC(=Nc2ccc(OC)cc2)C(=O)N1c1ccccc1. The lowest BCUT2D eigenvalue weighted by molar-refractivity contribution is -0.149. The molecule has 6 heteroatoms. The molecule has 0 saturated carbocycles. The van der Waals surface area contributed by atoms with Gasteiger partial charge in [-0.3, -0.25) is 9.69 Å². The van der Waals surface area contributed by atoms with Crippen molar-refractivity contribution in [2.75, 3.05) is 18.6 Å². The van der Waals surface area contributed by atoms with Gasteiger partial charge in [0.05, 0.1) is 19.4 Å². The maximum absolute atomic E-state index is 13.1. The van der Waals surface area contributed by atoms with E-state index in [2.05, 4.69) is 4.99 Å². The van der Waals surface area contributed by atoms with Crippen LogP contribution in [0.1, 0.15) is 20.3 Å². The highest BCUT2D eigenvalue weighted by Crippen LogP contribution is 2.36. The molecule has 27 heavy (non-hydrogen) atoms. The Morgan fingerprint density at radius 1 is 1.15 bits per heavy atom. The van der Waals surface area contributed by atoms with E-state index in [9.17, 15) is 9.59 Å². The predicted octanol–water partition coefficient (Wildman–Crippen LogP) is 3.53. The molecule has 2 aromatic rings. The van der Waals surface area contributed by atoms with Crippen LogP contribution in [-0.2, 0) is 14.3 Å². The quantitative estimate of drug-likeness (QED) is 0.759. The second-order valence-electron chi connectivity index (χ2n) is 6.40. The van der Waals surface area contributed by atoms with E-state index >= 15 is 0 Å². The number of ether oxygens (including phenoxy) is 2. The Bertz CT molecular complexity index is 862. The van der Waals surface area contributed by atoms with Crippen LogP contribution < -0.4 is 9.64 Å². The lowest BCUT2D eigenvalue weighted by atomic mass is 9.98. The van der Waals surface area contributed by atoms with Crippen molar-refractivity contribution in [3.63, 3.8) is 0 Å². The van der Waals surface area contributed by atoms with Gasteiger partial charge in [-0.15, -0.1) is 0 Å². The van der Waals surface area contributed by atoms with Gasteiger partial charge >= 0.3 is 5.97 Å². The van der Waals surface area contributed by atoms with Crippen molar-refractivity contribution >= 4 is 29.0 Å². The molecule has 1 atom stereocenters. The standard InChI is InChI=1S/C21H22N2O4/c1-4-27-20(25)21(2)14-18(22-15-10-12-17(26-3)13-11-15)19(24)23(21)16-8-6-5-7-9-16/h5-13H,4,14H2,1-3H3. The molecule has 2 aromatic carbocycles. The molecular weight excluding hydrogens is 344 g/mol. The van der Waals surface area contributed by atoms with Gasteiger partial charge in [0, 0.05) is 12.1 Å². The highest BCUT2D eigenvalue weighted by Gasteiger charge is 2.52. The topological polar surface area (TPSA) is 68.2 Å². The summed E-state index contributed by atoms with van der Waals surface area (Å²) in [6, 6.07) is 16.2.